The maximum absolute atomic E-state index is 10.9. The quantitative estimate of drug-likeness (QED) is 0.230. The Morgan fingerprint density at radius 1 is 1.67 bits per heavy atom. The minimum absolute atomic E-state index is 0.0945. The Labute approximate surface area is 72.3 Å². The van der Waals surface area contributed by atoms with E-state index in [1.165, 1.54) is 6.21 Å². The van der Waals surface area contributed by atoms with Gasteiger partial charge in [-0.1, -0.05) is 0 Å². The van der Waals surface area contributed by atoms with Crippen LogP contribution in [0.25, 0.3) is 0 Å². The van der Waals surface area contributed by atoms with Crippen molar-refractivity contribution >= 4 is 14.5 Å². The van der Waals surface area contributed by atoms with Gasteiger partial charge < -0.3 is 14.3 Å². The van der Waals surface area contributed by atoms with Crippen molar-refractivity contribution < 1.29 is 18.8 Å². The summed E-state index contributed by atoms with van der Waals surface area (Å²) in [7, 11) is -2.36. The molecule has 0 saturated carbocycles. The van der Waals surface area contributed by atoms with Gasteiger partial charge in [0.25, 0.3) is 0 Å². The SMILES string of the molecule is CC(C)O[PH](=O)OCCC=NO. The minimum Gasteiger partial charge on any atom is -0.411 e. The van der Waals surface area contributed by atoms with Crippen molar-refractivity contribution in [2.75, 3.05) is 6.61 Å². The average Bonchev–Trinajstić information content (AvgIpc) is 1.97. The number of oxime groups is 1. The molecule has 0 radical (unpaired) electrons. The van der Waals surface area contributed by atoms with Gasteiger partial charge in [-0.05, 0) is 13.8 Å². The Bertz CT molecular complexity index is 160. The van der Waals surface area contributed by atoms with E-state index in [2.05, 4.69) is 5.16 Å². The van der Waals surface area contributed by atoms with Gasteiger partial charge in [-0.15, -0.1) is 5.16 Å². The molecule has 0 saturated heterocycles. The molecule has 0 aromatic carbocycles. The van der Waals surface area contributed by atoms with Gasteiger partial charge in [0, 0.05) is 12.6 Å². The van der Waals surface area contributed by atoms with Gasteiger partial charge in [-0.3, -0.25) is 4.57 Å². The number of hydrogen-bond donors (Lipinski definition) is 1. The summed E-state index contributed by atoms with van der Waals surface area (Å²) in [4.78, 5) is 0. The van der Waals surface area contributed by atoms with Crippen molar-refractivity contribution in [3.05, 3.63) is 0 Å². The first-order chi connectivity index (χ1) is 5.66. The van der Waals surface area contributed by atoms with Crippen LogP contribution < -0.4 is 0 Å². The lowest BCUT2D eigenvalue weighted by Gasteiger charge is -2.06. The van der Waals surface area contributed by atoms with Gasteiger partial charge in [0.05, 0.1) is 12.7 Å². The van der Waals surface area contributed by atoms with Crippen LogP contribution in [0.4, 0.5) is 0 Å². The lowest BCUT2D eigenvalue weighted by molar-refractivity contribution is 0.190. The van der Waals surface area contributed by atoms with Crippen molar-refractivity contribution in [3.63, 3.8) is 0 Å². The Kier molecular flexibility index (Phi) is 7.05. The Morgan fingerprint density at radius 3 is 2.83 bits per heavy atom. The summed E-state index contributed by atoms with van der Waals surface area (Å²) in [5.74, 6) is 0. The molecule has 0 aliphatic heterocycles. The normalized spacial score (nSPS) is 14.2. The fourth-order valence-electron chi connectivity index (χ4n) is 0.479. The van der Waals surface area contributed by atoms with Crippen LogP contribution >= 0.6 is 8.25 Å². The summed E-state index contributed by atoms with van der Waals surface area (Å²) in [5, 5.41) is 10.7. The zero-order valence-corrected chi connectivity index (χ0v) is 8.19. The molecule has 0 heterocycles. The van der Waals surface area contributed by atoms with Crippen molar-refractivity contribution in [1.82, 2.24) is 0 Å². The first kappa shape index (κ1) is 11.6. The second-order valence-electron chi connectivity index (χ2n) is 2.35. The smallest absolute Gasteiger partial charge is 0.319 e. The van der Waals surface area contributed by atoms with Crippen LogP contribution in [-0.2, 0) is 13.6 Å². The zero-order valence-electron chi connectivity index (χ0n) is 7.19. The van der Waals surface area contributed by atoms with Gasteiger partial charge in [0.1, 0.15) is 0 Å². The van der Waals surface area contributed by atoms with E-state index in [1.54, 1.807) is 13.8 Å². The second kappa shape index (κ2) is 7.28. The summed E-state index contributed by atoms with van der Waals surface area (Å²) in [6, 6.07) is 0. The third-order valence-electron chi connectivity index (χ3n) is 0.880. The second-order valence-corrected chi connectivity index (χ2v) is 3.38. The monoisotopic (exact) mass is 195 g/mol. The molecule has 0 spiro atoms. The molecule has 0 bridgehead atoms. The Morgan fingerprint density at radius 2 is 2.33 bits per heavy atom. The highest BCUT2D eigenvalue weighted by atomic mass is 31.1. The first-order valence-corrected chi connectivity index (χ1v) is 4.88. The molecule has 12 heavy (non-hydrogen) atoms. The highest BCUT2D eigenvalue weighted by Gasteiger charge is 2.01. The van der Waals surface area contributed by atoms with Crippen LogP contribution in [-0.4, -0.2) is 24.1 Å². The van der Waals surface area contributed by atoms with Crippen molar-refractivity contribution in [3.8, 4) is 0 Å². The fraction of sp³-hybridized carbons (Fsp3) is 0.833. The van der Waals surface area contributed by atoms with Crippen LogP contribution in [0.2, 0.25) is 0 Å². The Hall–Kier alpha value is -0.380. The van der Waals surface area contributed by atoms with Crippen LogP contribution in [0, 0.1) is 0 Å². The highest BCUT2D eigenvalue weighted by molar-refractivity contribution is 7.33. The first-order valence-electron chi connectivity index (χ1n) is 3.66. The van der Waals surface area contributed by atoms with Crippen LogP contribution in [0.15, 0.2) is 5.16 Å². The molecule has 72 valence electrons. The van der Waals surface area contributed by atoms with Gasteiger partial charge in [-0.2, -0.15) is 0 Å². The minimum atomic E-state index is -2.36. The maximum atomic E-state index is 10.9. The highest BCUT2D eigenvalue weighted by Crippen LogP contribution is 2.25. The zero-order chi connectivity index (χ0) is 9.40. The van der Waals surface area contributed by atoms with Crippen LogP contribution in [0.5, 0.6) is 0 Å². The molecule has 1 unspecified atom stereocenters. The number of hydrogen-bond acceptors (Lipinski definition) is 5. The lowest BCUT2D eigenvalue weighted by atomic mass is 10.5. The summed E-state index contributed by atoms with van der Waals surface area (Å²) in [6.45, 7) is 3.80. The van der Waals surface area contributed by atoms with Crippen LogP contribution in [0.3, 0.4) is 0 Å². The fourth-order valence-corrected chi connectivity index (χ4v) is 1.22. The predicted octanol–water partition coefficient (Wildman–Crippen LogP) is 1.67. The van der Waals surface area contributed by atoms with E-state index in [1.807, 2.05) is 0 Å². The summed E-state index contributed by atoms with van der Waals surface area (Å²) in [5.41, 5.74) is 0. The molecule has 1 N–H and O–H groups in total. The largest absolute Gasteiger partial charge is 0.411 e. The molecule has 0 fully saturated rings. The average molecular weight is 195 g/mol. The summed E-state index contributed by atoms with van der Waals surface area (Å²) in [6.07, 6.45) is 1.60. The topological polar surface area (TPSA) is 68.1 Å². The van der Waals surface area contributed by atoms with E-state index >= 15 is 0 Å². The van der Waals surface area contributed by atoms with Gasteiger partial charge in [0.15, 0.2) is 0 Å². The molecular weight excluding hydrogens is 181 g/mol. The molecule has 0 aromatic rings. The third-order valence-corrected chi connectivity index (χ3v) is 1.98. The molecule has 0 rings (SSSR count). The molecule has 0 aliphatic carbocycles. The van der Waals surface area contributed by atoms with Crippen molar-refractivity contribution in [1.29, 1.82) is 0 Å². The van der Waals surface area contributed by atoms with E-state index in [-0.39, 0.29) is 12.7 Å². The van der Waals surface area contributed by atoms with E-state index in [0.29, 0.717) is 6.42 Å². The van der Waals surface area contributed by atoms with Crippen molar-refractivity contribution in [2.24, 2.45) is 5.16 Å². The van der Waals surface area contributed by atoms with Crippen LogP contribution in [0.1, 0.15) is 20.3 Å². The third kappa shape index (κ3) is 7.72. The van der Waals surface area contributed by atoms with E-state index in [0.717, 1.165) is 0 Å². The number of nitrogens with zero attached hydrogens (tertiary/aromatic N) is 1. The van der Waals surface area contributed by atoms with Gasteiger partial charge >= 0.3 is 8.25 Å². The molecule has 6 heteroatoms. The summed E-state index contributed by atoms with van der Waals surface area (Å²) >= 11 is 0. The van der Waals surface area contributed by atoms with E-state index in [4.69, 9.17) is 14.3 Å². The van der Waals surface area contributed by atoms with Gasteiger partial charge in [0.2, 0.25) is 0 Å². The molecule has 0 aliphatic rings. The molecule has 0 amide bonds. The molecule has 5 nitrogen and oxygen atoms in total. The molecule has 0 aromatic heterocycles. The predicted molar refractivity (Wildman–Crippen MR) is 46.1 cm³/mol. The standard InChI is InChI=1S/C6H14NO4P/c1-6(2)11-12(9)10-5-3-4-7-8/h4,6,8,12H,3,5H2,1-2H3. The van der Waals surface area contributed by atoms with Crippen molar-refractivity contribution in [2.45, 2.75) is 26.4 Å². The van der Waals surface area contributed by atoms with E-state index in [9.17, 15) is 4.57 Å². The molecular formula is C6H14NO4P. The van der Waals surface area contributed by atoms with E-state index < -0.39 is 8.25 Å². The number of rotatable bonds is 6. The maximum Gasteiger partial charge on any atom is 0.319 e. The summed E-state index contributed by atoms with van der Waals surface area (Å²) < 4.78 is 20.5. The van der Waals surface area contributed by atoms with Gasteiger partial charge in [-0.25, -0.2) is 0 Å². The lowest BCUT2D eigenvalue weighted by Crippen LogP contribution is -1.97. The Balaban J connectivity index is 3.32. The molecule has 1 atom stereocenters.